The first kappa shape index (κ1) is 19.4. The van der Waals surface area contributed by atoms with Crippen LogP contribution in [0.1, 0.15) is 28.8 Å². The molecule has 1 N–H and O–H groups in total. The van der Waals surface area contributed by atoms with Crippen LogP contribution in [0, 0.1) is 5.92 Å². The third-order valence-electron chi connectivity index (χ3n) is 5.75. The number of carbonyl (C=O) groups excluding carboxylic acids is 1. The number of para-hydroxylation sites is 1. The molecule has 29 heavy (non-hydrogen) atoms. The molecule has 1 aliphatic heterocycles. The molecule has 1 amide bonds. The Balaban J connectivity index is 1.35. The summed E-state index contributed by atoms with van der Waals surface area (Å²) in [6, 6.07) is 19.7. The van der Waals surface area contributed by atoms with Crippen LogP contribution in [0.15, 0.2) is 65.5 Å². The fraction of sp³-hybridized carbons (Fsp3) is 0.333. The number of hydrogen-bond donors (Lipinski definition) is 1. The molecule has 0 spiro atoms. The van der Waals surface area contributed by atoms with Gasteiger partial charge in [0.05, 0.1) is 0 Å². The van der Waals surface area contributed by atoms with E-state index in [4.69, 9.17) is 0 Å². The van der Waals surface area contributed by atoms with Gasteiger partial charge in [-0.15, -0.1) is 0 Å². The number of piperidine rings is 1. The van der Waals surface area contributed by atoms with Crippen LogP contribution in [-0.4, -0.2) is 47.4 Å². The average Bonchev–Trinajstić information content (AvgIpc) is 2.74. The molecule has 1 aromatic heterocycles. The van der Waals surface area contributed by atoms with Gasteiger partial charge < -0.3 is 14.8 Å². The van der Waals surface area contributed by atoms with Crippen molar-refractivity contribution < 1.29 is 4.79 Å². The standard InChI is InChI=1S/C24H27N3O2/c1-26(16-18-7-3-2-4-8-18)17-19-11-13-27(14-12-19)24(29)21-15-20-9-5-6-10-22(20)25-23(21)28/h2-10,15,19H,11-14,16-17H2,1H3,(H,25,28). The number of nitrogens with zero attached hydrogens (tertiary/aromatic N) is 2. The molecule has 1 fully saturated rings. The number of H-pyrrole nitrogens is 1. The highest BCUT2D eigenvalue weighted by Gasteiger charge is 2.26. The largest absolute Gasteiger partial charge is 0.338 e. The number of aromatic amines is 1. The van der Waals surface area contributed by atoms with Gasteiger partial charge in [-0.25, -0.2) is 0 Å². The second-order valence-electron chi connectivity index (χ2n) is 8.02. The zero-order chi connectivity index (χ0) is 20.2. The highest BCUT2D eigenvalue weighted by Crippen LogP contribution is 2.21. The number of pyridine rings is 1. The Morgan fingerprint density at radius 2 is 1.76 bits per heavy atom. The van der Waals surface area contributed by atoms with Crippen LogP contribution in [0.5, 0.6) is 0 Å². The van der Waals surface area contributed by atoms with Crippen molar-refractivity contribution >= 4 is 16.8 Å². The topological polar surface area (TPSA) is 56.4 Å². The Bertz CT molecular complexity index is 1040. The van der Waals surface area contributed by atoms with Gasteiger partial charge >= 0.3 is 0 Å². The van der Waals surface area contributed by atoms with Gasteiger partial charge in [-0.3, -0.25) is 9.59 Å². The van der Waals surface area contributed by atoms with Crippen LogP contribution in [0.4, 0.5) is 0 Å². The molecule has 1 aliphatic rings. The highest BCUT2D eigenvalue weighted by molar-refractivity contribution is 5.97. The molecule has 5 nitrogen and oxygen atoms in total. The van der Waals surface area contributed by atoms with Crippen LogP contribution in [0.3, 0.4) is 0 Å². The summed E-state index contributed by atoms with van der Waals surface area (Å²) in [7, 11) is 2.15. The van der Waals surface area contributed by atoms with Gasteiger partial charge in [0.15, 0.2) is 0 Å². The number of nitrogens with one attached hydrogen (secondary N) is 1. The minimum absolute atomic E-state index is 0.159. The van der Waals surface area contributed by atoms with Gasteiger partial charge in [-0.05, 0) is 48.9 Å². The first-order valence-corrected chi connectivity index (χ1v) is 10.2. The Morgan fingerprint density at radius 1 is 1.07 bits per heavy atom. The van der Waals surface area contributed by atoms with Gasteiger partial charge in [-0.2, -0.15) is 0 Å². The Kier molecular flexibility index (Phi) is 5.76. The van der Waals surface area contributed by atoms with Crippen LogP contribution in [-0.2, 0) is 6.54 Å². The Labute approximate surface area is 171 Å². The van der Waals surface area contributed by atoms with Crippen molar-refractivity contribution in [2.45, 2.75) is 19.4 Å². The van der Waals surface area contributed by atoms with E-state index in [-0.39, 0.29) is 17.0 Å². The first-order chi connectivity index (χ1) is 14.1. The van der Waals surface area contributed by atoms with E-state index in [9.17, 15) is 9.59 Å². The summed E-state index contributed by atoms with van der Waals surface area (Å²) in [4.78, 5) is 32.3. The number of rotatable bonds is 5. The quantitative estimate of drug-likeness (QED) is 0.727. The van der Waals surface area contributed by atoms with E-state index in [1.54, 1.807) is 6.07 Å². The Hall–Kier alpha value is -2.92. The molecule has 0 saturated carbocycles. The van der Waals surface area contributed by atoms with Gasteiger partial charge in [-0.1, -0.05) is 48.5 Å². The molecule has 4 rings (SSSR count). The third-order valence-corrected chi connectivity index (χ3v) is 5.75. The van der Waals surface area contributed by atoms with Crippen molar-refractivity contribution in [3.63, 3.8) is 0 Å². The molecular weight excluding hydrogens is 362 g/mol. The maximum atomic E-state index is 12.9. The number of likely N-dealkylation sites (tertiary alicyclic amines) is 1. The fourth-order valence-corrected chi connectivity index (χ4v) is 4.20. The average molecular weight is 389 g/mol. The van der Waals surface area contributed by atoms with E-state index in [1.807, 2.05) is 35.2 Å². The second kappa shape index (κ2) is 8.62. The maximum Gasteiger partial charge on any atom is 0.261 e. The van der Waals surface area contributed by atoms with Crippen LogP contribution in [0.25, 0.3) is 10.9 Å². The molecule has 3 aromatic rings. The first-order valence-electron chi connectivity index (χ1n) is 10.2. The van der Waals surface area contributed by atoms with E-state index >= 15 is 0 Å². The predicted molar refractivity (Wildman–Crippen MR) is 116 cm³/mol. The zero-order valence-electron chi connectivity index (χ0n) is 16.8. The normalized spacial score (nSPS) is 15.2. The molecule has 0 bridgehead atoms. The number of fused-ring (bicyclic) bond motifs is 1. The third kappa shape index (κ3) is 4.57. The van der Waals surface area contributed by atoms with E-state index in [0.29, 0.717) is 19.0 Å². The molecule has 0 unspecified atom stereocenters. The Morgan fingerprint density at radius 3 is 2.52 bits per heavy atom. The smallest absolute Gasteiger partial charge is 0.261 e. The SMILES string of the molecule is CN(Cc1ccccc1)CC1CCN(C(=O)c2cc3ccccc3[nH]c2=O)CC1. The molecular formula is C24H27N3O2. The lowest BCUT2D eigenvalue weighted by molar-refractivity contribution is 0.0670. The van der Waals surface area contributed by atoms with Crippen molar-refractivity contribution in [1.29, 1.82) is 0 Å². The molecule has 0 radical (unpaired) electrons. The van der Waals surface area contributed by atoms with E-state index in [0.717, 1.165) is 36.8 Å². The predicted octanol–water partition coefficient (Wildman–Crippen LogP) is 3.51. The molecule has 150 valence electrons. The lowest BCUT2D eigenvalue weighted by Gasteiger charge is -2.34. The van der Waals surface area contributed by atoms with Crippen molar-refractivity contribution in [2.24, 2.45) is 5.92 Å². The number of benzene rings is 2. The van der Waals surface area contributed by atoms with Gasteiger partial charge in [0, 0.05) is 31.7 Å². The lowest BCUT2D eigenvalue weighted by atomic mass is 9.95. The van der Waals surface area contributed by atoms with Crippen molar-refractivity contribution in [3.8, 4) is 0 Å². The van der Waals surface area contributed by atoms with Gasteiger partial charge in [0.1, 0.15) is 5.56 Å². The summed E-state index contributed by atoms with van der Waals surface area (Å²) in [5.41, 5.74) is 2.01. The van der Waals surface area contributed by atoms with Gasteiger partial charge in [0.2, 0.25) is 0 Å². The van der Waals surface area contributed by atoms with E-state index < -0.39 is 0 Å². The summed E-state index contributed by atoms with van der Waals surface area (Å²) < 4.78 is 0. The van der Waals surface area contributed by atoms with Crippen molar-refractivity contribution in [2.75, 3.05) is 26.7 Å². The summed E-state index contributed by atoms with van der Waals surface area (Å²) in [5.74, 6) is 0.413. The number of hydrogen-bond acceptors (Lipinski definition) is 3. The summed E-state index contributed by atoms with van der Waals surface area (Å²) >= 11 is 0. The van der Waals surface area contributed by atoms with Gasteiger partial charge in [0.25, 0.3) is 11.5 Å². The second-order valence-corrected chi connectivity index (χ2v) is 8.02. The molecule has 0 atom stereocenters. The van der Waals surface area contributed by atoms with Crippen LogP contribution < -0.4 is 5.56 Å². The number of carbonyl (C=O) groups is 1. The highest BCUT2D eigenvalue weighted by atomic mass is 16.2. The molecule has 0 aliphatic carbocycles. The van der Waals surface area contributed by atoms with E-state index in [1.165, 1.54) is 5.56 Å². The van der Waals surface area contributed by atoms with Crippen LogP contribution >= 0.6 is 0 Å². The molecule has 5 heteroatoms. The minimum atomic E-state index is -0.307. The molecule has 2 aromatic carbocycles. The van der Waals surface area contributed by atoms with Crippen molar-refractivity contribution in [3.05, 3.63) is 82.1 Å². The van der Waals surface area contributed by atoms with Crippen molar-refractivity contribution in [1.82, 2.24) is 14.8 Å². The number of aromatic nitrogens is 1. The fourth-order valence-electron chi connectivity index (χ4n) is 4.20. The maximum absolute atomic E-state index is 12.9. The van der Waals surface area contributed by atoms with Crippen LogP contribution in [0.2, 0.25) is 0 Å². The lowest BCUT2D eigenvalue weighted by Crippen LogP contribution is -2.42. The molecule has 1 saturated heterocycles. The number of amides is 1. The summed E-state index contributed by atoms with van der Waals surface area (Å²) in [6.07, 6.45) is 1.94. The monoisotopic (exact) mass is 389 g/mol. The molecule has 2 heterocycles. The minimum Gasteiger partial charge on any atom is -0.338 e. The summed E-state index contributed by atoms with van der Waals surface area (Å²) in [6.45, 7) is 3.36. The van der Waals surface area contributed by atoms with E-state index in [2.05, 4.69) is 41.2 Å². The summed E-state index contributed by atoms with van der Waals surface area (Å²) in [5, 5.41) is 0.882. The zero-order valence-corrected chi connectivity index (χ0v) is 16.8.